The van der Waals surface area contributed by atoms with Crippen molar-refractivity contribution < 1.29 is 5.11 Å². The maximum absolute atomic E-state index is 10.5. The molecule has 0 radical (unpaired) electrons. The minimum Gasteiger partial charge on any atom is -0.386 e. The van der Waals surface area contributed by atoms with Crippen molar-refractivity contribution in [1.82, 2.24) is 4.90 Å². The highest BCUT2D eigenvalue weighted by molar-refractivity contribution is 7.12. The van der Waals surface area contributed by atoms with E-state index >= 15 is 0 Å². The molecule has 0 bridgehead atoms. The van der Waals surface area contributed by atoms with Crippen molar-refractivity contribution in [3.05, 3.63) is 57.8 Å². The Balaban J connectivity index is 1.59. The molecule has 2 aromatic rings. The average molecular weight is 316 g/mol. The maximum Gasteiger partial charge on any atom is 0.104 e. The molecular weight excluding hydrogens is 292 g/mol. The molecule has 2 heterocycles. The van der Waals surface area contributed by atoms with Crippen LogP contribution in [0.3, 0.4) is 0 Å². The number of thiophene rings is 1. The predicted molar refractivity (Wildman–Crippen MR) is 91.9 cm³/mol. The highest BCUT2D eigenvalue weighted by atomic mass is 32.1. The first-order valence-electron chi connectivity index (χ1n) is 8.01. The standard InChI is InChI=1S/C18H24N2OS/c19-16(12-14-6-2-1-3-7-14)18(21)17-9-8-15(22-17)13-20-10-4-5-11-20/h1-3,6-9,16,18,21H,4-5,10-13,19H2. The number of rotatable bonds is 6. The number of nitrogens with zero attached hydrogens (tertiary/aromatic N) is 1. The minimum atomic E-state index is -0.586. The fraction of sp³-hybridized carbons (Fsp3) is 0.444. The van der Waals surface area contributed by atoms with Crippen LogP contribution >= 0.6 is 11.3 Å². The Morgan fingerprint density at radius 2 is 1.82 bits per heavy atom. The summed E-state index contributed by atoms with van der Waals surface area (Å²) in [6, 6.07) is 14.0. The second-order valence-corrected chi connectivity index (χ2v) is 7.29. The van der Waals surface area contributed by atoms with Crippen LogP contribution < -0.4 is 5.73 Å². The lowest BCUT2D eigenvalue weighted by molar-refractivity contribution is 0.150. The molecule has 1 saturated heterocycles. The Labute approximate surface area is 136 Å². The molecule has 3 nitrogen and oxygen atoms in total. The largest absolute Gasteiger partial charge is 0.386 e. The maximum atomic E-state index is 10.5. The molecule has 0 amide bonds. The number of nitrogens with two attached hydrogens (primary N) is 1. The SMILES string of the molecule is NC(Cc1ccccc1)C(O)c1ccc(CN2CCCC2)s1. The van der Waals surface area contributed by atoms with Crippen LogP contribution in [0.1, 0.15) is 34.3 Å². The van der Waals surface area contributed by atoms with E-state index in [-0.39, 0.29) is 6.04 Å². The lowest BCUT2D eigenvalue weighted by Crippen LogP contribution is -2.30. The van der Waals surface area contributed by atoms with E-state index in [1.54, 1.807) is 11.3 Å². The van der Waals surface area contributed by atoms with E-state index in [4.69, 9.17) is 5.73 Å². The Morgan fingerprint density at radius 1 is 1.09 bits per heavy atom. The van der Waals surface area contributed by atoms with Gasteiger partial charge in [-0.3, -0.25) is 4.90 Å². The van der Waals surface area contributed by atoms with Crippen LogP contribution in [-0.2, 0) is 13.0 Å². The first-order chi connectivity index (χ1) is 10.7. The fourth-order valence-corrected chi connectivity index (χ4v) is 4.13. The van der Waals surface area contributed by atoms with Crippen molar-refractivity contribution in [2.45, 2.75) is 38.0 Å². The van der Waals surface area contributed by atoms with Crippen molar-refractivity contribution in [3.63, 3.8) is 0 Å². The highest BCUT2D eigenvalue weighted by Crippen LogP contribution is 2.27. The molecule has 4 heteroatoms. The smallest absolute Gasteiger partial charge is 0.104 e. The molecule has 2 unspecified atom stereocenters. The van der Waals surface area contributed by atoms with Crippen molar-refractivity contribution in [3.8, 4) is 0 Å². The van der Waals surface area contributed by atoms with Crippen LogP contribution in [0, 0.1) is 0 Å². The van der Waals surface area contributed by atoms with Gasteiger partial charge in [0.2, 0.25) is 0 Å². The number of hydrogen-bond acceptors (Lipinski definition) is 4. The molecule has 3 rings (SSSR count). The Morgan fingerprint density at radius 3 is 2.55 bits per heavy atom. The van der Waals surface area contributed by atoms with E-state index in [1.165, 1.54) is 36.4 Å². The van der Waals surface area contributed by atoms with Gasteiger partial charge >= 0.3 is 0 Å². The van der Waals surface area contributed by atoms with Gasteiger partial charge in [-0.05, 0) is 50.0 Å². The average Bonchev–Trinajstić information content (AvgIpc) is 3.20. The lowest BCUT2D eigenvalue weighted by atomic mass is 10.0. The zero-order valence-electron chi connectivity index (χ0n) is 12.8. The summed E-state index contributed by atoms with van der Waals surface area (Å²) in [6.07, 6.45) is 2.73. The van der Waals surface area contributed by atoms with Gasteiger partial charge < -0.3 is 10.8 Å². The van der Waals surface area contributed by atoms with Crippen molar-refractivity contribution >= 4 is 11.3 Å². The van der Waals surface area contributed by atoms with E-state index in [1.807, 2.05) is 24.3 Å². The molecule has 0 saturated carbocycles. The van der Waals surface area contributed by atoms with Crippen molar-refractivity contribution in [2.75, 3.05) is 13.1 Å². The van der Waals surface area contributed by atoms with Gasteiger partial charge in [-0.1, -0.05) is 30.3 Å². The van der Waals surface area contributed by atoms with Gasteiger partial charge in [0.1, 0.15) is 6.10 Å². The van der Waals surface area contributed by atoms with Gasteiger partial charge in [0.15, 0.2) is 0 Å². The van der Waals surface area contributed by atoms with Crippen molar-refractivity contribution in [2.24, 2.45) is 5.73 Å². The minimum absolute atomic E-state index is 0.263. The molecule has 1 aliphatic rings. The number of aliphatic hydroxyl groups excluding tert-OH is 1. The Kier molecular flexibility index (Phi) is 5.26. The molecular formula is C18H24N2OS. The molecule has 1 aromatic carbocycles. The second-order valence-electron chi connectivity index (χ2n) is 6.09. The molecule has 0 spiro atoms. The van der Waals surface area contributed by atoms with E-state index in [0.717, 1.165) is 11.4 Å². The van der Waals surface area contributed by atoms with Gasteiger partial charge in [-0.15, -0.1) is 11.3 Å². The van der Waals surface area contributed by atoms with E-state index < -0.39 is 6.10 Å². The van der Waals surface area contributed by atoms with Gasteiger partial charge in [-0.2, -0.15) is 0 Å². The lowest BCUT2D eigenvalue weighted by Gasteiger charge is -2.18. The quantitative estimate of drug-likeness (QED) is 0.861. The van der Waals surface area contributed by atoms with Gasteiger partial charge in [0.25, 0.3) is 0 Å². The molecule has 118 valence electrons. The zero-order chi connectivity index (χ0) is 15.4. The number of aliphatic hydroxyl groups is 1. The molecule has 1 aromatic heterocycles. The summed E-state index contributed by atoms with van der Waals surface area (Å²) < 4.78 is 0. The summed E-state index contributed by atoms with van der Waals surface area (Å²) in [7, 11) is 0. The summed E-state index contributed by atoms with van der Waals surface area (Å²) in [5.41, 5.74) is 7.37. The molecule has 2 atom stereocenters. The normalized spacial score (nSPS) is 18.5. The molecule has 22 heavy (non-hydrogen) atoms. The Hall–Kier alpha value is -1.20. The first kappa shape index (κ1) is 15.7. The van der Waals surface area contributed by atoms with E-state index in [0.29, 0.717) is 6.42 Å². The topological polar surface area (TPSA) is 49.5 Å². The summed E-state index contributed by atoms with van der Waals surface area (Å²) in [6.45, 7) is 3.40. The Bertz CT molecular complexity index is 578. The molecule has 1 aliphatic heterocycles. The zero-order valence-corrected chi connectivity index (χ0v) is 13.6. The van der Waals surface area contributed by atoms with E-state index in [9.17, 15) is 5.11 Å². The van der Waals surface area contributed by atoms with Gasteiger partial charge in [0, 0.05) is 22.3 Å². The van der Waals surface area contributed by atoms with Crippen LogP contribution in [0.5, 0.6) is 0 Å². The second kappa shape index (κ2) is 7.38. The monoisotopic (exact) mass is 316 g/mol. The third kappa shape index (κ3) is 3.96. The highest BCUT2D eigenvalue weighted by Gasteiger charge is 2.20. The van der Waals surface area contributed by atoms with Crippen LogP contribution in [0.4, 0.5) is 0 Å². The summed E-state index contributed by atoms with van der Waals surface area (Å²) in [5.74, 6) is 0. The van der Waals surface area contributed by atoms with Crippen LogP contribution in [0.15, 0.2) is 42.5 Å². The third-order valence-electron chi connectivity index (χ3n) is 4.27. The van der Waals surface area contributed by atoms with Gasteiger partial charge in [0.05, 0.1) is 0 Å². The number of benzene rings is 1. The molecule has 3 N–H and O–H groups in total. The fourth-order valence-electron chi connectivity index (χ4n) is 3.01. The molecule has 1 fully saturated rings. The van der Waals surface area contributed by atoms with Crippen LogP contribution in [-0.4, -0.2) is 29.1 Å². The van der Waals surface area contributed by atoms with Crippen LogP contribution in [0.25, 0.3) is 0 Å². The van der Waals surface area contributed by atoms with Crippen LogP contribution in [0.2, 0.25) is 0 Å². The first-order valence-corrected chi connectivity index (χ1v) is 8.82. The van der Waals surface area contributed by atoms with Crippen molar-refractivity contribution in [1.29, 1.82) is 0 Å². The van der Waals surface area contributed by atoms with Gasteiger partial charge in [-0.25, -0.2) is 0 Å². The third-order valence-corrected chi connectivity index (χ3v) is 5.41. The molecule has 0 aliphatic carbocycles. The number of hydrogen-bond donors (Lipinski definition) is 2. The summed E-state index contributed by atoms with van der Waals surface area (Å²) in [4.78, 5) is 4.78. The number of likely N-dealkylation sites (tertiary alicyclic amines) is 1. The summed E-state index contributed by atoms with van der Waals surface area (Å²) >= 11 is 1.70. The van der Waals surface area contributed by atoms with E-state index in [2.05, 4.69) is 23.1 Å². The predicted octanol–water partition coefficient (Wildman–Crippen LogP) is 2.95. The summed E-state index contributed by atoms with van der Waals surface area (Å²) in [5, 5.41) is 10.5.